The van der Waals surface area contributed by atoms with Gasteiger partial charge in [-0.15, -0.1) is 0 Å². The Hall–Kier alpha value is -1.75. The molecule has 1 aliphatic carbocycles. The number of nitrogens with zero attached hydrogens (tertiary/aromatic N) is 4. The molecule has 21 heavy (non-hydrogen) atoms. The lowest BCUT2D eigenvalue weighted by molar-refractivity contribution is -0.513. The van der Waals surface area contributed by atoms with E-state index in [9.17, 15) is 5.11 Å². The number of para-hydroxylation sites is 1. The molecule has 2 fully saturated rings. The first kappa shape index (κ1) is 13.0. The van der Waals surface area contributed by atoms with Crippen molar-refractivity contribution in [1.29, 1.82) is 0 Å². The molecular formula is C16H21N4O+. The van der Waals surface area contributed by atoms with Gasteiger partial charge in [0.2, 0.25) is 11.4 Å². The van der Waals surface area contributed by atoms with Gasteiger partial charge in [0.15, 0.2) is 6.04 Å². The Morgan fingerprint density at radius 1 is 1.14 bits per heavy atom. The van der Waals surface area contributed by atoms with Crippen LogP contribution in [0.4, 0.5) is 5.69 Å². The van der Waals surface area contributed by atoms with Crippen LogP contribution in [0.2, 0.25) is 0 Å². The molecule has 1 aromatic carbocycles. The van der Waals surface area contributed by atoms with Crippen molar-refractivity contribution < 1.29 is 9.68 Å². The van der Waals surface area contributed by atoms with Crippen LogP contribution in [-0.4, -0.2) is 40.3 Å². The zero-order valence-electron chi connectivity index (χ0n) is 12.1. The molecule has 4 rings (SSSR count). The van der Waals surface area contributed by atoms with Crippen LogP contribution in [0.3, 0.4) is 0 Å². The standard InChI is InChI=1S/C16H21N4O/c21-16-10-6-9-14(15(16)19-11-4-5-12-19)17-18-20(16)13-7-2-1-3-8-13/h1-3,7-8,14,21H,4-6,9-12H2/q+1. The number of anilines is 1. The molecule has 110 valence electrons. The summed E-state index contributed by atoms with van der Waals surface area (Å²) in [5, 5.41) is 22.0. The fourth-order valence-electron chi connectivity index (χ4n) is 3.84. The molecule has 0 amide bonds. The highest BCUT2D eigenvalue weighted by molar-refractivity contribution is 5.96. The highest BCUT2D eigenvalue weighted by Gasteiger charge is 2.55. The molecule has 5 nitrogen and oxygen atoms in total. The molecule has 1 N–H and O–H groups in total. The lowest BCUT2D eigenvalue weighted by Crippen LogP contribution is -2.63. The van der Waals surface area contributed by atoms with Crippen LogP contribution >= 0.6 is 0 Å². The van der Waals surface area contributed by atoms with Gasteiger partial charge in [-0.2, -0.15) is 5.11 Å². The summed E-state index contributed by atoms with van der Waals surface area (Å²) in [6.07, 6.45) is 5.12. The van der Waals surface area contributed by atoms with E-state index < -0.39 is 5.72 Å². The number of rotatable bonds is 1. The molecule has 1 aromatic rings. The number of aliphatic hydroxyl groups is 1. The number of benzene rings is 1. The van der Waals surface area contributed by atoms with E-state index in [-0.39, 0.29) is 6.04 Å². The third-order valence-electron chi connectivity index (χ3n) is 4.81. The Labute approximate surface area is 124 Å². The van der Waals surface area contributed by atoms with Crippen molar-refractivity contribution in [2.75, 3.05) is 18.1 Å². The van der Waals surface area contributed by atoms with E-state index in [0.717, 1.165) is 43.8 Å². The number of hydrogen-bond acceptors (Lipinski definition) is 4. The van der Waals surface area contributed by atoms with Crippen LogP contribution in [-0.2, 0) is 0 Å². The van der Waals surface area contributed by atoms with Gasteiger partial charge in [-0.05, 0) is 25.0 Å². The van der Waals surface area contributed by atoms with Gasteiger partial charge in [-0.3, -0.25) is 0 Å². The Morgan fingerprint density at radius 2 is 1.90 bits per heavy atom. The topological polar surface area (TPSA) is 51.2 Å². The van der Waals surface area contributed by atoms with Crippen LogP contribution in [0.1, 0.15) is 32.1 Å². The molecule has 0 aromatic heterocycles. The molecule has 3 aliphatic rings. The maximum atomic E-state index is 11.4. The average molecular weight is 285 g/mol. The third kappa shape index (κ3) is 1.99. The van der Waals surface area contributed by atoms with Crippen molar-refractivity contribution in [2.45, 2.75) is 43.9 Å². The summed E-state index contributed by atoms with van der Waals surface area (Å²) >= 11 is 0. The molecule has 2 bridgehead atoms. The maximum Gasteiger partial charge on any atom is 0.243 e. The Kier molecular flexibility index (Phi) is 3.03. The number of hydrogen-bond donors (Lipinski definition) is 1. The van der Waals surface area contributed by atoms with Gasteiger partial charge >= 0.3 is 0 Å². The van der Waals surface area contributed by atoms with Gasteiger partial charge in [0, 0.05) is 19.3 Å². The zero-order valence-corrected chi connectivity index (χ0v) is 12.1. The molecule has 0 radical (unpaired) electrons. The maximum absolute atomic E-state index is 11.4. The molecule has 5 heteroatoms. The molecule has 1 saturated heterocycles. The summed E-state index contributed by atoms with van der Waals surface area (Å²) in [6, 6.07) is 9.93. The molecule has 0 spiro atoms. The second-order valence-electron chi connectivity index (χ2n) is 6.16. The van der Waals surface area contributed by atoms with E-state index in [0.29, 0.717) is 0 Å². The number of fused-ring (bicyclic) bond motifs is 2. The van der Waals surface area contributed by atoms with Gasteiger partial charge in [0.05, 0.1) is 5.69 Å². The zero-order chi connectivity index (χ0) is 14.3. The fourth-order valence-corrected chi connectivity index (χ4v) is 3.84. The minimum atomic E-state index is -1.00. The van der Waals surface area contributed by atoms with Gasteiger partial charge < -0.3 is 5.11 Å². The van der Waals surface area contributed by atoms with Crippen LogP contribution < -0.4 is 5.01 Å². The van der Waals surface area contributed by atoms with Gasteiger partial charge in [-0.25, -0.2) is 9.58 Å². The largest absolute Gasteiger partial charge is 0.361 e. The molecule has 2 heterocycles. The first-order valence-corrected chi connectivity index (χ1v) is 7.90. The molecular weight excluding hydrogens is 264 g/mol. The Morgan fingerprint density at radius 3 is 2.67 bits per heavy atom. The van der Waals surface area contributed by atoms with E-state index in [2.05, 4.69) is 14.9 Å². The van der Waals surface area contributed by atoms with E-state index in [4.69, 9.17) is 0 Å². The van der Waals surface area contributed by atoms with E-state index in [1.54, 1.807) is 5.01 Å². The Balaban J connectivity index is 1.84. The fraction of sp³-hybridized carbons (Fsp3) is 0.562. The van der Waals surface area contributed by atoms with Crippen LogP contribution in [0, 0.1) is 0 Å². The second-order valence-corrected chi connectivity index (χ2v) is 6.16. The summed E-state index contributed by atoms with van der Waals surface area (Å²) in [7, 11) is 0. The summed E-state index contributed by atoms with van der Waals surface area (Å²) in [5.41, 5.74) is 0.974. The predicted octanol–water partition coefficient (Wildman–Crippen LogP) is 2.36. The molecule has 2 aliphatic heterocycles. The third-order valence-corrected chi connectivity index (χ3v) is 4.81. The minimum Gasteiger partial charge on any atom is -0.361 e. The van der Waals surface area contributed by atoms with Crippen molar-refractivity contribution >= 4 is 11.4 Å². The van der Waals surface area contributed by atoms with Crippen LogP contribution in [0.5, 0.6) is 0 Å². The Bertz CT molecular complexity index is 590. The first-order chi connectivity index (χ1) is 10.3. The molecule has 2 unspecified atom stereocenters. The quantitative estimate of drug-likeness (QED) is 0.805. The lowest BCUT2D eigenvalue weighted by Gasteiger charge is -2.43. The smallest absolute Gasteiger partial charge is 0.243 e. The summed E-state index contributed by atoms with van der Waals surface area (Å²) in [5.74, 6) is 0. The lowest BCUT2D eigenvalue weighted by atomic mass is 9.84. The minimum absolute atomic E-state index is 0.0572. The van der Waals surface area contributed by atoms with Gasteiger partial charge in [-0.1, -0.05) is 23.4 Å². The summed E-state index contributed by atoms with van der Waals surface area (Å²) in [4.78, 5) is 0. The highest BCUT2D eigenvalue weighted by Crippen LogP contribution is 2.38. The monoisotopic (exact) mass is 285 g/mol. The van der Waals surface area contributed by atoms with Crippen LogP contribution in [0.15, 0.2) is 40.7 Å². The SMILES string of the molecule is OC12CCCC(N=NN1c1ccccc1)C2=[N+]1CCCC1. The van der Waals surface area contributed by atoms with Crippen molar-refractivity contribution in [3.63, 3.8) is 0 Å². The molecule has 2 atom stereocenters. The van der Waals surface area contributed by atoms with Gasteiger partial charge in [0.25, 0.3) is 0 Å². The summed E-state index contributed by atoms with van der Waals surface area (Å²) in [6.45, 7) is 2.07. The van der Waals surface area contributed by atoms with Crippen molar-refractivity contribution in [3.8, 4) is 0 Å². The highest BCUT2D eigenvalue weighted by atomic mass is 16.3. The van der Waals surface area contributed by atoms with Crippen molar-refractivity contribution in [2.24, 2.45) is 10.3 Å². The normalized spacial score (nSPS) is 31.9. The van der Waals surface area contributed by atoms with Crippen LogP contribution in [0.25, 0.3) is 0 Å². The molecule has 1 saturated carbocycles. The first-order valence-electron chi connectivity index (χ1n) is 7.90. The van der Waals surface area contributed by atoms with Gasteiger partial charge in [0.1, 0.15) is 13.1 Å². The van der Waals surface area contributed by atoms with Crippen molar-refractivity contribution in [3.05, 3.63) is 30.3 Å². The predicted molar refractivity (Wildman–Crippen MR) is 80.6 cm³/mol. The summed E-state index contributed by atoms with van der Waals surface area (Å²) < 4.78 is 2.35. The van der Waals surface area contributed by atoms with E-state index >= 15 is 0 Å². The van der Waals surface area contributed by atoms with E-state index in [1.165, 1.54) is 12.8 Å². The second kappa shape index (κ2) is 4.91. The average Bonchev–Trinajstić information content (AvgIpc) is 3.01. The van der Waals surface area contributed by atoms with Crippen molar-refractivity contribution in [1.82, 2.24) is 0 Å². The van der Waals surface area contributed by atoms with E-state index in [1.807, 2.05) is 30.3 Å².